The molecule has 1 atom stereocenters. The van der Waals surface area contributed by atoms with Gasteiger partial charge in [-0.1, -0.05) is 0 Å². The Hall–Kier alpha value is -1.36. The van der Waals surface area contributed by atoms with Gasteiger partial charge in [0.15, 0.2) is 0 Å². The molecule has 0 spiro atoms. The van der Waals surface area contributed by atoms with E-state index in [-0.39, 0.29) is 32.9 Å². The number of carbonyl (C=O) groups is 1. The molecule has 0 unspecified atom stereocenters. The third-order valence-corrected chi connectivity index (χ3v) is 10.3. The molecule has 0 aliphatic carbocycles. The van der Waals surface area contributed by atoms with Crippen molar-refractivity contribution in [1.82, 2.24) is 15.3 Å². The quantitative estimate of drug-likeness (QED) is 0.204. The minimum absolute atomic E-state index is 0.0747. The number of H-pyrrole nitrogens is 1. The van der Waals surface area contributed by atoms with E-state index in [0.717, 1.165) is 11.3 Å². The number of hydrogen-bond donors (Lipinski definition) is 3. The Bertz CT molecular complexity index is 1110. The predicted octanol–water partition coefficient (Wildman–Crippen LogP) is 1.75. The van der Waals surface area contributed by atoms with Gasteiger partial charge in [0.05, 0.1) is 0 Å². The zero-order chi connectivity index (χ0) is 21.3. The molecule has 0 bridgehead atoms. The van der Waals surface area contributed by atoms with Gasteiger partial charge in [-0.25, -0.2) is 0 Å². The maximum atomic E-state index is 14.3. The first-order valence-corrected chi connectivity index (χ1v) is 17.1. The fourth-order valence-electron chi connectivity index (χ4n) is 3.37. The van der Waals surface area contributed by atoms with Crippen molar-refractivity contribution in [3.05, 3.63) is 53.7 Å². The summed E-state index contributed by atoms with van der Waals surface area (Å²) in [6, 6.07) is 6.41. The number of methoxy groups -OCH3 is 1. The number of anilines is 2. The van der Waals surface area contributed by atoms with Gasteiger partial charge in [-0.15, -0.1) is 0 Å². The molecule has 1 aliphatic heterocycles. The number of alkyl halides is 1. The van der Waals surface area contributed by atoms with Gasteiger partial charge in [0.2, 0.25) is 0 Å². The SMILES string of the molecule is COc1c(F)cccc1Nc1c(-c2ccncc2OI)[nH]c2c1C(=O)N[C@H]([I-]I)C2. The monoisotopic (exact) mass is 747 g/mol. The molecule has 3 aromatic rings. The fraction of sp³-hybridized carbons (Fsp3) is 0.158. The number of ether oxygens (including phenoxy) is 1. The standard InChI is InChI=1S/C19H15FI3N4O3/c1-29-18-10(20)3-2-4-11(18)25-17-15-12(7-14(23-21)27-19(15)28)26-16(17)9-5-6-24-8-13(9)30-22/h2-6,8,14,25-26H,7H2,1H3,(H,27,28)/q-1/t14-/m0/s1. The van der Waals surface area contributed by atoms with Crippen molar-refractivity contribution >= 4 is 58.9 Å². The summed E-state index contributed by atoms with van der Waals surface area (Å²) in [7, 11) is 1.41. The van der Waals surface area contributed by atoms with E-state index in [0.29, 0.717) is 34.8 Å². The number of hydrogen-bond acceptors (Lipinski definition) is 5. The molecule has 7 nitrogen and oxygen atoms in total. The van der Waals surface area contributed by atoms with Gasteiger partial charge < -0.3 is 0 Å². The summed E-state index contributed by atoms with van der Waals surface area (Å²) in [6.45, 7) is 0. The zero-order valence-electron chi connectivity index (χ0n) is 15.4. The van der Waals surface area contributed by atoms with Gasteiger partial charge in [0.25, 0.3) is 0 Å². The minimum atomic E-state index is -0.493. The van der Waals surface area contributed by atoms with Crippen LogP contribution in [0.2, 0.25) is 0 Å². The van der Waals surface area contributed by atoms with Crippen molar-refractivity contribution in [1.29, 1.82) is 0 Å². The summed E-state index contributed by atoms with van der Waals surface area (Å²) in [6.07, 6.45) is 3.96. The maximum absolute atomic E-state index is 14.3. The van der Waals surface area contributed by atoms with E-state index >= 15 is 0 Å². The molecule has 1 amide bonds. The van der Waals surface area contributed by atoms with E-state index in [9.17, 15) is 9.18 Å². The molecule has 30 heavy (non-hydrogen) atoms. The summed E-state index contributed by atoms with van der Waals surface area (Å²) in [5.41, 5.74) is 3.71. The average molecular weight is 747 g/mol. The molecule has 11 heteroatoms. The number of pyridine rings is 1. The molecule has 0 fully saturated rings. The van der Waals surface area contributed by atoms with Crippen LogP contribution in [0.25, 0.3) is 11.3 Å². The number of nitrogens with zero attached hydrogens (tertiary/aromatic N) is 1. The fourth-order valence-corrected chi connectivity index (χ4v) is 6.64. The van der Waals surface area contributed by atoms with Crippen LogP contribution in [0.5, 0.6) is 11.5 Å². The number of carbonyl (C=O) groups excluding carboxylic acids is 1. The molecule has 0 saturated carbocycles. The molecular formula is C19H15FI3N4O3-. The summed E-state index contributed by atoms with van der Waals surface area (Å²) >= 11 is 3.96. The molecular weight excluding hydrogens is 732 g/mol. The number of para-hydroxylation sites is 1. The first kappa shape index (κ1) is 21.9. The second kappa shape index (κ2) is 9.42. The molecule has 0 saturated heterocycles. The molecule has 0 radical (unpaired) electrons. The third-order valence-electron chi connectivity index (χ3n) is 4.64. The summed E-state index contributed by atoms with van der Waals surface area (Å²) in [4.78, 5) is 20.5. The molecule has 1 aliphatic rings. The Morgan fingerprint density at radius 1 is 1.37 bits per heavy atom. The van der Waals surface area contributed by atoms with Crippen molar-refractivity contribution in [2.45, 2.75) is 10.5 Å². The summed E-state index contributed by atoms with van der Waals surface area (Å²) in [5.74, 6) is -0.0354. The Labute approximate surface area is 206 Å². The number of halogens is 4. The van der Waals surface area contributed by atoms with Crippen LogP contribution in [0.3, 0.4) is 0 Å². The van der Waals surface area contributed by atoms with Crippen LogP contribution >= 0.6 is 41.6 Å². The van der Waals surface area contributed by atoms with E-state index in [4.69, 9.17) is 7.80 Å². The Kier molecular flexibility index (Phi) is 6.86. The second-order valence-electron chi connectivity index (χ2n) is 6.35. The molecule has 4 rings (SSSR count). The Morgan fingerprint density at radius 3 is 2.93 bits per heavy atom. The molecule has 3 heterocycles. The van der Waals surface area contributed by atoms with Crippen LogP contribution in [0, 0.1) is 5.82 Å². The number of aromatic nitrogens is 2. The van der Waals surface area contributed by atoms with Crippen LogP contribution < -0.4 is 35.7 Å². The van der Waals surface area contributed by atoms with Gasteiger partial charge in [0, 0.05) is 0 Å². The van der Waals surface area contributed by atoms with Crippen LogP contribution in [0.15, 0.2) is 36.7 Å². The summed E-state index contributed by atoms with van der Waals surface area (Å²) in [5, 5.41) is 6.30. The Morgan fingerprint density at radius 2 is 2.20 bits per heavy atom. The van der Waals surface area contributed by atoms with E-state index in [2.05, 4.69) is 39.2 Å². The van der Waals surface area contributed by atoms with E-state index in [1.54, 1.807) is 53.6 Å². The first-order valence-electron chi connectivity index (χ1n) is 8.70. The topological polar surface area (TPSA) is 88.3 Å². The van der Waals surface area contributed by atoms with E-state index in [1.165, 1.54) is 13.2 Å². The Balaban J connectivity index is 1.91. The van der Waals surface area contributed by atoms with E-state index in [1.807, 2.05) is 0 Å². The van der Waals surface area contributed by atoms with Gasteiger partial charge in [-0.05, 0) is 0 Å². The van der Waals surface area contributed by atoms with Crippen molar-refractivity contribution < 1.29 is 34.2 Å². The zero-order valence-corrected chi connectivity index (χ0v) is 21.9. The van der Waals surface area contributed by atoms with Crippen LogP contribution in [0.4, 0.5) is 15.8 Å². The predicted molar refractivity (Wildman–Crippen MR) is 124 cm³/mol. The molecule has 3 N–H and O–H groups in total. The summed E-state index contributed by atoms with van der Waals surface area (Å²) < 4.78 is 25.1. The van der Waals surface area contributed by atoms with Crippen molar-refractivity contribution in [2.75, 3.05) is 12.4 Å². The molecule has 158 valence electrons. The molecule has 1 aromatic carbocycles. The first-order chi connectivity index (χ1) is 14.6. The van der Waals surface area contributed by atoms with Crippen LogP contribution in [0.1, 0.15) is 16.1 Å². The van der Waals surface area contributed by atoms with Crippen molar-refractivity contribution in [3.63, 3.8) is 0 Å². The number of amides is 1. The van der Waals surface area contributed by atoms with Gasteiger partial charge in [0.1, 0.15) is 0 Å². The number of fused-ring (bicyclic) bond motifs is 1. The third kappa shape index (κ3) is 4.06. The van der Waals surface area contributed by atoms with Gasteiger partial charge in [-0.3, -0.25) is 0 Å². The van der Waals surface area contributed by atoms with Crippen molar-refractivity contribution in [2.24, 2.45) is 0 Å². The molecule has 2 aromatic heterocycles. The number of nitrogens with one attached hydrogen (secondary N) is 3. The number of benzene rings is 1. The van der Waals surface area contributed by atoms with Crippen LogP contribution in [-0.4, -0.2) is 27.0 Å². The van der Waals surface area contributed by atoms with Gasteiger partial charge in [-0.2, -0.15) is 0 Å². The average Bonchev–Trinajstić information content (AvgIpc) is 3.12. The normalized spacial score (nSPS) is 15.5. The number of rotatable bonds is 6. The van der Waals surface area contributed by atoms with Crippen LogP contribution in [-0.2, 0) is 6.42 Å². The van der Waals surface area contributed by atoms with E-state index < -0.39 is 5.82 Å². The number of aromatic amines is 1. The van der Waals surface area contributed by atoms with Crippen molar-refractivity contribution in [3.8, 4) is 22.8 Å². The second-order valence-corrected chi connectivity index (χ2v) is 11.9. The van der Waals surface area contributed by atoms with Gasteiger partial charge >= 0.3 is 208 Å².